The molecular formula is C13H11BrF3N3. The third-order valence-corrected chi connectivity index (χ3v) is 4.09. The van der Waals surface area contributed by atoms with Crippen molar-refractivity contribution in [2.75, 3.05) is 13.1 Å². The predicted octanol–water partition coefficient (Wildman–Crippen LogP) is 3.34. The monoisotopic (exact) mass is 345 g/mol. The van der Waals surface area contributed by atoms with Gasteiger partial charge in [-0.1, -0.05) is 15.9 Å². The Balaban J connectivity index is 2.05. The second-order valence-corrected chi connectivity index (χ2v) is 5.56. The number of alkyl halides is 3. The number of benzene rings is 1. The summed E-state index contributed by atoms with van der Waals surface area (Å²) in [6.45, 7) is 1.66. The SMILES string of the molecule is FC(F)(F)c1cc(-n2cncc2C2CNC2)ccc1Br. The number of imidazole rings is 1. The molecule has 3 rings (SSSR count). The fraction of sp³-hybridized carbons (Fsp3) is 0.308. The normalized spacial score (nSPS) is 16.2. The Morgan fingerprint density at radius 2 is 2.05 bits per heavy atom. The van der Waals surface area contributed by atoms with E-state index < -0.39 is 11.7 Å². The maximum atomic E-state index is 12.9. The molecule has 0 saturated carbocycles. The highest BCUT2D eigenvalue weighted by Crippen LogP contribution is 2.36. The van der Waals surface area contributed by atoms with Gasteiger partial charge in [0.15, 0.2) is 0 Å². The molecule has 0 radical (unpaired) electrons. The van der Waals surface area contributed by atoms with Crippen LogP contribution in [0.3, 0.4) is 0 Å². The zero-order valence-corrected chi connectivity index (χ0v) is 11.9. The molecule has 0 amide bonds. The van der Waals surface area contributed by atoms with Crippen molar-refractivity contribution in [1.82, 2.24) is 14.9 Å². The molecule has 1 fully saturated rings. The topological polar surface area (TPSA) is 29.9 Å². The van der Waals surface area contributed by atoms with Crippen molar-refractivity contribution >= 4 is 15.9 Å². The fourth-order valence-corrected chi connectivity index (χ4v) is 2.67. The predicted molar refractivity (Wildman–Crippen MR) is 71.9 cm³/mol. The Hall–Kier alpha value is -1.34. The zero-order chi connectivity index (χ0) is 14.3. The lowest BCUT2D eigenvalue weighted by molar-refractivity contribution is -0.138. The quantitative estimate of drug-likeness (QED) is 0.904. The molecule has 7 heteroatoms. The third kappa shape index (κ3) is 2.35. The summed E-state index contributed by atoms with van der Waals surface area (Å²) in [4.78, 5) is 4.06. The van der Waals surface area contributed by atoms with Crippen LogP contribution in [0.5, 0.6) is 0 Å². The third-order valence-electron chi connectivity index (χ3n) is 3.40. The number of halogens is 4. The lowest BCUT2D eigenvalue weighted by atomic mass is 9.99. The molecule has 1 saturated heterocycles. The molecule has 3 nitrogen and oxygen atoms in total. The molecule has 2 aromatic rings. The van der Waals surface area contributed by atoms with Crippen LogP contribution in [-0.4, -0.2) is 22.6 Å². The van der Waals surface area contributed by atoms with Crippen LogP contribution < -0.4 is 5.32 Å². The Labute approximate surface area is 121 Å². The van der Waals surface area contributed by atoms with Crippen molar-refractivity contribution in [2.24, 2.45) is 0 Å². The van der Waals surface area contributed by atoms with Gasteiger partial charge in [0.25, 0.3) is 0 Å². The van der Waals surface area contributed by atoms with Crippen LogP contribution in [0.2, 0.25) is 0 Å². The Morgan fingerprint density at radius 3 is 2.65 bits per heavy atom. The Bertz CT molecular complexity index is 632. The van der Waals surface area contributed by atoms with Crippen LogP contribution in [0.1, 0.15) is 17.2 Å². The van der Waals surface area contributed by atoms with Crippen LogP contribution in [0.25, 0.3) is 5.69 Å². The number of hydrogen-bond acceptors (Lipinski definition) is 2. The van der Waals surface area contributed by atoms with E-state index in [1.165, 1.54) is 6.07 Å². The summed E-state index contributed by atoms with van der Waals surface area (Å²) < 4.78 is 40.6. The van der Waals surface area contributed by atoms with E-state index in [9.17, 15) is 13.2 Å². The molecule has 20 heavy (non-hydrogen) atoms. The first kappa shape index (κ1) is 13.6. The highest BCUT2D eigenvalue weighted by atomic mass is 79.9. The molecule has 0 aliphatic carbocycles. The van der Waals surface area contributed by atoms with Gasteiger partial charge in [-0.05, 0) is 18.2 Å². The van der Waals surface area contributed by atoms with Crippen molar-refractivity contribution in [3.63, 3.8) is 0 Å². The summed E-state index contributed by atoms with van der Waals surface area (Å²) in [7, 11) is 0. The molecule has 1 aliphatic rings. The number of nitrogens with one attached hydrogen (secondary N) is 1. The van der Waals surface area contributed by atoms with Gasteiger partial charge >= 0.3 is 6.18 Å². The molecule has 1 aromatic heterocycles. The minimum Gasteiger partial charge on any atom is -0.315 e. The van der Waals surface area contributed by atoms with E-state index in [0.29, 0.717) is 11.6 Å². The zero-order valence-electron chi connectivity index (χ0n) is 10.3. The molecule has 0 spiro atoms. The first-order chi connectivity index (χ1) is 9.47. The number of nitrogens with zero attached hydrogens (tertiary/aromatic N) is 2. The molecule has 0 atom stereocenters. The minimum atomic E-state index is -4.38. The van der Waals surface area contributed by atoms with Gasteiger partial charge in [-0.3, -0.25) is 0 Å². The lowest BCUT2D eigenvalue weighted by Gasteiger charge is -2.28. The van der Waals surface area contributed by atoms with Gasteiger partial charge in [-0.15, -0.1) is 0 Å². The van der Waals surface area contributed by atoms with Gasteiger partial charge in [0.1, 0.15) is 0 Å². The van der Waals surface area contributed by atoms with Gasteiger partial charge in [0.2, 0.25) is 0 Å². The maximum absolute atomic E-state index is 12.9. The van der Waals surface area contributed by atoms with Crippen LogP contribution in [-0.2, 0) is 6.18 Å². The number of hydrogen-bond donors (Lipinski definition) is 1. The number of aromatic nitrogens is 2. The summed E-state index contributed by atoms with van der Waals surface area (Å²) in [6.07, 6.45) is -1.12. The number of rotatable bonds is 2. The first-order valence-corrected chi connectivity index (χ1v) is 6.86. The van der Waals surface area contributed by atoms with Gasteiger partial charge in [0, 0.05) is 41.1 Å². The standard InChI is InChI=1S/C13H11BrF3N3/c14-11-2-1-9(3-10(11)13(15,16)17)20-7-19-6-12(20)8-4-18-5-8/h1-3,6-8,18H,4-5H2. The maximum Gasteiger partial charge on any atom is 0.417 e. The summed E-state index contributed by atoms with van der Waals surface area (Å²) in [5, 5.41) is 3.14. The van der Waals surface area contributed by atoms with Crippen molar-refractivity contribution in [3.8, 4) is 5.69 Å². The first-order valence-electron chi connectivity index (χ1n) is 6.07. The second-order valence-electron chi connectivity index (χ2n) is 4.71. The molecular weight excluding hydrogens is 335 g/mol. The second kappa shape index (κ2) is 4.89. The van der Waals surface area contributed by atoms with Crippen molar-refractivity contribution in [1.29, 1.82) is 0 Å². The minimum absolute atomic E-state index is 0.0423. The molecule has 1 aromatic carbocycles. The van der Waals surface area contributed by atoms with E-state index in [1.54, 1.807) is 23.2 Å². The highest BCUT2D eigenvalue weighted by Gasteiger charge is 2.33. The molecule has 1 aliphatic heterocycles. The Kier molecular flexibility index (Phi) is 3.33. The van der Waals surface area contributed by atoms with Crippen LogP contribution in [0.4, 0.5) is 13.2 Å². The van der Waals surface area contributed by atoms with Crippen LogP contribution >= 0.6 is 15.9 Å². The largest absolute Gasteiger partial charge is 0.417 e. The van der Waals surface area contributed by atoms with Crippen LogP contribution in [0, 0.1) is 0 Å². The smallest absolute Gasteiger partial charge is 0.315 e. The summed E-state index contributed by atoms with van der Waals surface area (Å²) in [5.74, 6) is 0.301. The van der Waals surface area contributed by atoms with E-state index in [4.69, 9.17) is 0 Å². The average Bonchev–Trinajstić information content (AvgIpc) is 2.75. The van der Waals surface area contributed by atoms with Crippen molar-refractivity contribution in [3.05, 3.63) is 46.5 Å². The molecule has 1 N–H and O–H groups in total. The van der Waals surface area contributed by atoms with Gasteiger partial charge in [-0.25, -0.2) is 4.98 Å². The van der Waals surface area contributed by atoms with Crippen molar-refractivity contribution in [2.45, 2.75) is 12.1 Å². The fourth-order valence-electron chi connectivity index (χ4n) is 2.20. The van der Waals surface area contributed by atoms with E-state index in [1.807, 2.05) is 0 Å². The van der Waals surface area contributed by atoms with E-state index in [-0.39, 0.29) is 4.47 Å². The highest BCUT2D eigenvalue weighted by molar-refractivity contribution is 9.10. The molecule has 2 heterocycles. The summed E-state index contributed by atoms with van der Waals surface area (Å²) in [6, 6.07) is 4.21. The van der Waals surface area contributed by atoms with E-state index in [0.717, 1.165) is 24.8 Å². The average molecular weight is 346 g/mol. The van der Waals surface area contributed by atoms with E-state index >= 15 is 0 Å². The van der Waals surface area contributed by atoms with Crippen molar-refractivity contribution < 1.29 is 13.2 Å². The van der Waals surface area contributed by atoms with Gasteiger partial charge in [0.05, 0.1) is 11.9 Å². The molecule has 106 valence electrons. The molecule has 0 unspecified atom stereocenters. The molecule has 0 bridgehead atoms. The lowest BCUT2D eigenvalue weighted by Crippen LogP contribution is -2.40. The van der Waals surface area contributed by atoms with Crippen LogP contribution in [0.15, 0.2) is 35.2 Å². The van der Waals surface area contributed by atoms with Gasteiger partial charge in [-0.2, -0.15) is 13.2 Å². The van der Waals surface area contributed by atoms with Gasteiger partial charge < -0.3 is 9.88 Å². The summed E-state index contributed by atoms with van der Waals surface area (Å²) >= 11 is 2.95. The summed E-state index contributed by atoms with van der Waals surface area (Å²) in [5.41, 5.74) is 0.723. The Morgan fingerprint density at radius 1 is 1.30 bits per heavy atom. The van der Waals surface area contributed by atoms with E-state index in [2.05, 4.69) is 26.2 Å².